The molecule has 0 aromatic heterocycles. The van der Waals surface area contributed by atoms with E-state index < -0.39 is 10.0 Å². The van der Waals surface area contributed by atoms with Crippen LogP contribution in [0, 0.1) is 6.92 Å². The molecule has 122 valence electrons. The lowest BCUT2D eigenvalue weighted by Crippen LogP contribution is -2.39. The Balaban J connectivity index is 1.94. The highest BCUT2D eigenvalue weighted by Gasteiger charge is 2.29. The molecule has 1 saturated carbocycles. The van der Waals surface area contributed by atoms with E-state index in [1.807, 2.05) is 31.2 Å². The summed E-state index contributed by atoms with van der Waals surface area (Å²) in [5.41, 5.74) is 1.77. The van der Waals surface area contributed by atoms with Gasteiger partial charge in [0.2, 0.25) is 15.9 Å². The molecule has 0 atom stereocenters. The Morgan fingerprint density at radius 2 is 1.91 bits per heavy atom. The SMILES string of the molecule is Cc1ccccc1NC(=O)CCN(C1CCCC1)S(C)(=O)=O. The molecule has 6 heteroatoms. The molecule has 1 aromatic rings. The first-order valence-electron chi connectivity index (χ1n) is 7.70. The van der Waals surface area contributed by atoms with Crippen LogP contribution in [0.2, 0.25) is 0 Å². The van der Waals surface area contributed by atoms with Gasteiger partial charge in [-0.1, -0.05) is 31.0 Å². The van der Waals surface area contributed by atoms with Gasteiger partial charge >= 0.3 is 0 Å². The highest BCUT2D eigenvalue weighted by Crippen LogP contribution is 2.25. The van der Waals surface area contributed by atoms with Crippen LogP contribution in [0.3, 0.4) is 0 Å². The van der Waals surface area contributed by atoms with Crippen LogP contribution in [0.4, 0.5) is 5.69 Å². The van der Waals surface area contributed by atoms with Crippen molar-refractivity contribution in [2.75, 3.05) is 18.1 Å². The molecule has 1 fully saturated rings. The van der Waals surface area contributed by atoms with Crippen LogP contribution in [0.1, 0.15) is 37.7 Å². The van der Waals surface area contributed by atoms with Crippen molar-refractivity contribution in [3.05, 3.63) is 29.8 Å². The second-order valence-electron chi connectivity index (χ2n) is 5.93. The zero-order chi connectivity index (χ0) is 16.2. The number of aryl methyl sites for hydroxylation is 1. The number of nitrogens with one attached hydrogen (secondary N) is 1. The molecule has 0 radical (unpaired) electrons. The fourth-order valence-corrected chi connectivity index (χ4v) is 4.12. The number of nitrogens with zero attached hydrogens (tertiary/aromatic N) is 1. The van der Waals surface area contributed by atoms with Gasteiger partial charge in [0.1, 0.15) is 0 Å². The molecular formula is C16H24N2O3S. The lowest BCUT2D eigenvalue weighted by molar-refractivity contribution is -0.116. The van der Waals surface area contributed by atoms with Crippen molar-refractivity contribution < 1.29 is 13.2 Å². The van der Waals surface area contributed by atoms with Crippen LogP contribution in [-0.4, -0.2) is 37.5 Å². The van der Waals surface area contributed by atoms with Gasteiger partial charge in [0.25, 0.3) is 0 Å². The lowest BCUT2D eigenvalue weighted by atomic mass is 10.2. The van der Waals surface area contributed by atoms with Crippen molar-refractivity contribution in [2.45, 2.75) is 45.1 Å². The summed E-state index contributed by atoms with van der Waals surface area (Å²) in [6.07, 6.45) is 5.32. The summed E-state index contributed by atoms with van der Waals surface area (Å²) in [6.45, 7) is 2.18. The summed E-state index contributed by atoms with van der Waals surface area (Å²) in [7, 11) is -3.27. The van der Waals surface area contributed by atoms with Gasteiger partial charge < -0.3 is 5.32 Å². The molecule has 22 heavy (non-hydrogen) atoms. The molecule has 2 rings (SSSR count). The van der Waals surface area contributed by atoms with E-state index in [0.717, 1.165) is 36.9 Å². The Hall–Kier alpha value is -1.40. The summed E-state index contributed by atoms with van der Waals surface area (Å²) in [4.78, 5) is 12.1. The van der Waals surface area contributed by atoms with Gasteiger partial charge in [-0.3, -0.25) is 4.79 Å². The summed E-state index contributed by atoms with van der Waals surface area (Å²) in [5.74, 6) is -0.152. The number of rotatable bonds is 6. The molecule has 1 N–H and O–H groups in total. The molecule has 0 heterocycles. The standard InChI is InChI=1S/C16H24N2O3S/c1-13-7-3-6-10-15(13)17-16(19)11-12-18(22(2,20)21)14-8-4-5-9-14/h3,6-7,10,14H,4-5,8-9,11-12H2,1-2H3,(H,17,19). The van der Waals surface area contributed by atoms with Crippen LogP contribution < -0.4 is 5.32 Å². The Morgan fingerprint density at radius 3 is 2.50 bits per heavy atom. The number of hydrogen-bond acceptors (Lipinski definition) is 3. The minimum Gasteiger partial charge on any atom is -0.326 e. The number of para-hydroxylation sites is 1. The van der Waals surface area contributed by atoms with Gasteiger partial charge in [0.05, 0.1) is 6.26 Å². The van der Waals surface area contributed by atoms with E-state index >= 15 is 0 Å². The minimum atomic E-state index is -3.27. The van der Waals surface area contributed by atoms with E-state index in [9.17, 15) is 13.2 Å². The zero-order valence-corrected chi connectivity index (χ0v) is 14.0. The predicted molar refractivity (Wildman–Crippen MR) is 88.2 cm³/mol. The Morgan fingerprint density at radius 1 is 1.27 bits per heavy atom. The molecule has 0 unspecified atom stereocenters. The number of benzene rings is 1. The molecule has 1 aromatic carbocycles. The van der Waals surface area contributed by atoms with Gasteiger partial charge in [0.15, 0.2) is 0 Å². The van der Waals surface area contributed by atoms with Crippen LogP contribution in [-0.2, 0) is 14.8 Å². The highest BCUT2D eigenvalue weighted by molar-refractivity contribution is 7.88. The third-order valence-corrected chi connectivity index (χ3v) is 5.47. The van der Waals surface area contributed by atoms with E-state index in [-0.39, 0.29) is 24.9 Å². The largest absolute Gasteiger partial charge is 0.326 e. The highest BCUT2D eigenvalue weighted by atomic mass is 32.2. The molecule has 0 saturated heterocycles. The van der Waals surface area contributed by atoms with Gasteiger partial charge in [-0.15, -0.1) is 0 Å². The summed E-state index contributed by atoms with van der Waals surface area (Å²) in [5, 5.41) is 2.85. The first-order valence-corrected chi connectivity index (χ1v) is 9.55. The maximum absolute atomic E-state index is 12.1. The number of amides is 1. The van der Waals surface area contributed by atoms with Crippen molar-refractivity contribution in [1.29, 1.82) is 0 Å². The minimum absolute atomic E-state index is 0.0567. The quantitative estimate of drug-likeness (QED) is 0.874. The molecule has 0 spiro atoms. The van der Waals surface area contributed by atoms with Crippen LogP contribution in [0.25, 0.3) is 0 Å². The molecule has 5 nitrogen and oxygen atoms in total. The number of carbonyl (C=O) groups excluding carboxylic acids is 1. The van der Waals surface area contributed by atoms with Gasteiger partial charge in [-0.05, 0) is 31.4 Å². The molecule has 0 bridgehead atoms. The summed E-state index contributed by atoms with van der Waals surface area (Å²) in [6, 6.07) is 7.61. The van der Waals surface area contributed by atoms with Crippen molar-refractivity contribution in [3.63, 3.8) is 0 Å². The lowest BCUT2D eigenvalue weighted by Gasteiger charge is -2.26. The van der Waals surface area contributed by atoms with Crippen molar-refractivity contribution in [1.82, 2.24) is 4.31 Å². The van der Waals surface area contributed by atoms with E-state index in [2.05, 4.69) is 5.32 Å². The van der Waals surface area contributed by atoms with Crippen LogP contribution >= 0.6 is 0 Å². The summed E-state index contributed by atoms with van der Waals surface area (Å²) < 4.78 is 25.4. The zero-order valence-electron chi connectivity index (χ0n) is 13.2. The maximum atomic E-state index is 12.1. The number of anilines is 1. The molecule has 0 aliphatic heterocycles. The molecule has 1 aliphatic carbocycles. The van der Waals surface area contributed by atoms with Crippen molar-refractivity contribution >= 4 is 21.6 Å². The van der Waals surface area contributed by atoms with Crippen molar-refractivity contribution in [3.8, 4) is 0 Å². The van der Waals surface area contributed by atoms with E-state index in [4.69, 9.17) is 0 Å². The van der Waals surface area contributed by atoms with Crippen molar-refractivity contribution in [2.24, 2.45) is 0 Å². The van der Waals surface area contributed by atoms with E-state index in [1.165, 1.54) is 10.6 Å². The van der Waals surface area contributed by atoms with Crippen LogP contribution in [0.5, 0.6) is 0 Å². The van der Waals surface area contributed by atoms with Gasteiger partial charge in [-0.2, -0.15) is 4.31 Å². The van der Waals surface area contributed by atoms with E-state index in [0.29, 0.717) is 0 Å². The predicted octanol–water partition coefficient (Wildman–Crippen LogP) is 2.53. The fraction of sp³-hybridized carbons (Fsp3) is 0.562. The first-order chi connectivity index (χ1) is 10.4. The second kappa shape index (κ2) is 7.24. The average molecular weight is 324 g/mol. The first kappa shape index (κ1) is 17.0. The third-order valence-electron chi connectivity index (χ3n) is 4.14. The Labute approximate surface area is 132 Å². The summed E-state index contributed by atoms with van der Waals surface area (Å²) >= 11 is 0. The van der Waals surface area contributed by atoms with Gasteiger partial charge in [-0.25, -0.2) is 8.42 Å². The molecule has 1 amide bonds. The molecular weight excluding hydrogens is 300 g/mol. The Bertz CT molecular complexity index is 622. The second-order valence-corrected chi connectivity index (χ2v) is 7.86. The maximum Gasteiger partial charge on any atom is 0.225 e. The molecule has 1 aliphatic rings. The van der Waals surface area contributed by atoms with Crippen LogP contribution in [0.15, 0.2) is 24.3 Å². The Kier molecular flexibility index (Phi) is 5.58. The number of sulfonamides is 1. The average Bonchev–Trinajstić information content (AvgIpc) is 2.94. The van der Waals surface area contributed by atoms with E-state index in [1.54, 1.807) is 0 Å². The third kappa shape index (κ3) is 4.55. The normalized spacial score (nSPS) is 16.1. The number of hydrogen-bond donors (Lipinski definition) is 1. The topological polar surface area (TPSA) is 66.5 Å². The van der Waals surface area contributed by atoms with Gasteiger partial charge in [0, 0.05) is 24.7 Å². The monoisotopic (exact) mass is 324 g/mol. The fourth-order valence-electron chi connectivity index (χ4n) is 2.95. The smallest absolute Gasteiger partial charge is 0.225 e. The number of carbonyl (C=O) groups is 1.